The molecule has 0 bridgehead atoms. The van der Waals surface area contributed by atoms with Crippen LogP contribution < -0.4 is 9.47 Å². The second kappa shape index (κ2) is 24.2. The highest BCUT2D eigenvalue weighted by Gasteiger charge is 2.29. The van der Waals surface area contributed by atoms with Gasteiger partial charge in [0.1, 0.15) is 11.5 Å². The van der Waals surface area contributed by atoms with Crippen molar-refractivity contribution in [1.82, 2.24) is 0 Å². The van der Waals surface area contributed by atoms with Crippen LogP contribution in [0.4, 0.5) is 0 Å². The lowest BCUT2D eigenvalue weighted by atomic mass is 10.2. The van der Waals surface area contributed by atoms with E-state index in [1.54, 1.807) is 36.4 Å². The molecule has 10 heteroatoms. The molecule has 0 N–H and O–H groups in total. The van der Waals surface area contributed by atoms with Gasteiger partial charge in [0.15, 0.2) is 0 Å². The number of ether oxygens (including phenoxy) is 6. The number of rotatable bonds is 25. The number of carbonyl (C=O) groups excluding carboxylic acids is 4. The number of hydrogen-bond acceptors (Lipinski definition) is 10. The first kappa shape index (κ1) is 41.2. The smallest absolute Gasteiger partial charge is 0.352 e. The Morgan fingerprint density at radius 1 is 0.633 bits per heavy atom. The SMILES string of the molecule is C=C(CC(=O)OC(CCOCCCCCC)C(=O)Oc1cccc(C)c1)C(=O)OC(CCOCCCCCC)C(=O)Oc1cccc(C)c1. The molecule has 0 saturated heterocycles. The van der Waals surface area contributed by atoms with Gasteiger partial charge < -0.3 is 28.4 Å². The Balaban J connectivity index is 2.01. The predicted molar refractivity (Wildman–Crippen MR) is 186 cm³/mol. The van der Waals surface area contributed by atoms with E-state index in [0.29, 0.717) is 24.7 Å². The van der Waals surface area contributed by atoms with E-state index >= 15 is 0 Å². The summed E-state index contributed by atoms with van der Waals surface area (Å²) in [5.41, 5.74) is 1.53. The minimum absolute atomic E-state index is 0.0488. The molecule has 2 rings (SSSR count). The standard InChI is InChI=1S/C39H54O10/c1-6-8-10-12-22-44-24-20-34(38(42)46-32-18-14-16-29(3)26-32)48-36(40)28-31(5)37(41)49-35(21-25-45-23-13-11-9-7-2)39(43)47-33-19-15-17-30(4)27-33/h14-19,26-27,34-35H,5-13,20-25,28H2,1-4H3. The van der Waals surface area contributed by atoms with Crippen molar-refractivity contribution in [3.8, 4) is 11.5 Å². The maximum absolute atomic E-state index is 13.1. The van der Waals surface area contributed by atoms with Crippen LogP contribution >= 0.6 is 0 Å². The summed E-state index contributed by atoms with van der Waals surface area (Å²) in [5.74, 6) is -2.78. The topological polar surface area (TPSA) is 124 Å². The van der Waals surface area contributed by atoms with Crippen molar-refractivity contribution in [2.75, 3.05) is 26.4 Å². The molecular formula is C39H54O10. The van der Waals surface area contributed by atoms with E-state index in [2.05, 4.69) is 20.4 Å². The maximum atomic E-state index is 13.1. The van der Waals surface area contributed by atoms with Crippen molar-refractivity contribution in [1.29, 1.82) is 0 Å². The number of carbonyl (C=O) groups is 4. The first-order valence-corrected chi connectivity index (χ1v) is 17.4. The zero-order chi connectivity index (χ0) is 35.9. The highest BCUT2D eigenvalue weighted by Crippen LogP contribution is 2.18. The van der Waals surface area contributed by atoms with Gasteiger partial charge in [-0.25, -0.2) is 14.4 Å². The van der Waals surface area contributed by atoms with Crippen LogP contribution in [0.2, 0.25) is 0 Å². The van der Waals surface area contributed by atoms with Crippen molar-refractivity contribution in [3.63, 3.8) is 0 Å². The molecule has 0 radical (unpaired) electrons. The van der Waals surface area contributed by atoms with Crippen LogP contribution in [0.15, 0.2) is 60.7 Å². The second-order valence-corrected chi connectivity index (χ2v) is 12.1. The van der Waals surface area contributed by atoms with Crippen LogP contribution in [-0.2, 0) is 38.1 Å². The summed E-state index contributed by atoms with van der Waals surface area (Å²) in [6, 6.07) is 13.8. The Morgan fingerprint density at radius 3 is 1.55 bits per heavy atom. The van der Waals surface area contributed by atoms with Crippen molar-refractivity contribution < 1.29 is 47.6 Å². The molecule has 49 heavy (non-hydrogen) atoms. The highest BCUT2D eigenvalue weighted by molar-refractivity contribution is 5.95. The lowest BCUT2D eigenvalue weighted by Gasteiger charge is -2.19. The Morgan fingerprint density at radius 2 is 1.10 bits per heavy atom. The van der Waals surface area contributed by atoms with Crippen molar-refractivity contribution in [2.24, 2.45) is 0 Å². The lowest BCUT2D eigenvalue weighted by molar-refractivity contribution is -0.164. The van der Waals surface area contributed by atoms with Gasteiger partial charge in [-0.1, -0.05) is 83.2 Å². The van der Waals surface area contributed by atoms with Gasteiger partial charge in [0, 0.05) is 31.6 Å². The summed E-state index contributed by atoms with van der Waals surface area (Å²) in [6.07, 6.45) is 5.24. The number of aryl methyl sites for hydroxylation is 2. The molecule has 2 atom stereocenters. The molecule has 270 valence electrons. The van der Waals surface area contributed by atoms with E-state index in [-0.39, 0.29) is 31.6 Å². The monoisotopic (exact) mass is 682 g/mol. The lowest BCUT2D eigenvalue weighted by Crippen LogP contribution is -2.34. The van der Waals surface area contributed by atoms with Crippen LogP contribution in [0, 0.1) is 13.8 Å². The number of hydrogen-bond donors (Lipinski definition) is 0. The Bertz CT molecular complexity index is 1320. The fraction of sp³-hybridized carbons (Fsp3) is 0.538. The summed E-state index contributed by atoms with van der Waals surface area (Å²) in [7, 11) is 0. The van der Waals surface area contributed by atoms with E-state index in [1.807, 2.05) is 26.0 Å². The molecule has 0 amide bonds. The maximum Gasteiger partial charge on any atom is 0.352 e. The van der Waals surface area contributed by atoms with Crippen LogP contribution in [0.25, 0.3) is 0 Å². The molecular weight excluding hydrogens is 628 g/mol. The third-order valence-corrected chi connectivity index (χ3v) is 7.44. The van der Waals surface area contributed by atoms with E-state index < -0.39 is 42.5 Å². The molecule has 2 aromatic carbocycles. The minimum Gasteiger partial charge on any atom is -0.450 e. The molecule has 0 heterocycles. The molecule has 0 fully saturated rings. The van der Waals surface area contributed by atoms with Gasteiger partial charge in [-0.3, -0.25) is 4.79 Å². The largest absolute Gasteiger partial charge is 0.450 e. The summed E-state index contributed by atoms with van der Waals surface area (Å²) in [6.45, 7) is 13.0. The summed E-state index contributed by atoms with van der Waals surface area (Å²) >= 11 is 0. The Labute approximate surface area is 291 Å². The fourth-order valence-corrected chi connectivity index (χ4v) is 4.68. The number of esters is 4. The fourth-order valence-electron chi connectivity index (χ4n) is 4.68. The highest BCUT2D eigenvalue weighted by atomic mass is 16.6. The molecule has 0 aliphatic rings. The Hall–Kier alpha value is -4.02. The molecule has 0 aromatic heterocycles. The molecule has 2 unspecified atom stereocenters. The van der Waals surface area contributed by atoms with Crippen molar-refractivity contribution >= 4 is 23.9 Å². The molecule has 0 aliphatic heterocycles. The van der Waals surface area contributed by atoms with E-state index in [0.717, 1.165) is 62.5 Å². The van der Waals surface area contributed by atoms with Gasteiger partial charge in [0.05, 0.1) is 19.6 Å². The van der Waals surface area contributed by atoms with Crippen LogP contribution in [-0.4, -0.2) is 62.5 Å². The predicted octanol–water partition coefficient (Wildman–Crippen LogP) is 7.56. The third kappa shape index (κ3) is 17.8. The van der Waals surface area contributed by atoms with E-state index in [4.69, 9.17) is 28.4 Å². The summed E-state index contributed by atoms with van der Waals surface area (Å²) in [4.78, 5) is 52.1. The average molecular weight is 683 g/mol. The summed E-state index contributed by atoms with van der Waals surface area (Å²) < 4.78 is 33.2. The molecule has 2 aromatic rings. The van der Waals surface area contributed by atoms with Gasteiger partial charge in [-0.2, -0.15) is 0 Å². The first-order chi connectivity index (χ1) is 23.6. The van der Waals surface area contributed by atoms with Gasteiger partial charge in [-0.15, -0.1) is 0 Å². The molecule has 0 spiro atoms. The van der Waals surface area contributed by atoms with Gasteiger partial charge >= 0.3 is 23.9 Å². The molecule has 0 saturated carbocycles. The minimum atomic E-state index is -1.30. The summed E-state index contributed by atoms with van der Waals surface area (Å²) in [5, 5.41) is 0. The molecule has 10 nitrogen and oxygen atoms in total. The van der Waals surface area contributed by atoms with E-state index in [9.17, 15) is 19.2 Å². The van der Waals surface area contributed by atoms with Gasteiger partial charge in [-0.05, 0) is 62.1 Å². The third-order valence-electron chi connectivity index (χ3n) is 7.44. The van der Waals surface area contributed by atoms with E-state index in [1.165, 1.54) is 0 Å². The second-order valence-electron chi connectivity index (χ2n) is 12.1. The quantitative estimate of drug-likeness (QED) is 0.0449. The van der Waals surface area contributed by atoms with Crippen molar-refractivity contribution in [3.05, 3.63) is 71.8 Å². The normalized spacial score (nSPS) is 12.1. The number of unbranched alkanes of at least 4 members (excludes halogenated alkanes) is 6. The Kier molecular flexibility index (Phi) is 20.3. The van der Waals surface area contributed by atoms with Crippen molar-refractivity contribution in [2.45, 2.75) is 111 Å². The zero-order valence-electron chi connectivity index (χ0n) is 29.7. The number of benzene rings is 2. The molecule has 0 aliphatic carbocycles. The van der Waals surface area contributed by atoms with Crippen LogP contribution in [0.3, 0.4) is 0 Å². The van der Waals surface area contributed by atoms with Gasteiger partial charge in [0.25, 0.3) is 0 Å². The average Bonchev–Trinajstić information content (AvgIpc) is 3.06. The zero-order valence-corrected chi connectivity index (χ0v) is 29.7. The first-order valence-electron chi connectivity index (χ1n) is 17.4. The van der Waals surface area contributed by atoms with Crippen LogP contribution in [0.1, 0.15) is 95.6 Å². The van der Waals surface area contributed by atoms with Gasteiger partial charge in [0.2, 0.25) is 12.2 Å². The van der Waals surface area contributed by atoms with Crippen LogP contribution in [0.5, 0.6) is 11.5 Å².